The molecule has 1 N–H and O–H groups in total. The van der Waals surface area contributed by atoms with Gasteiger partial charge in [0.1, 0.15) is 5.60 Å². The second-order valence-electron chi connectivity index (χ2n) is 6.49. The third-order valence-electron chi connectivity index (χ3n) is 3.35. The van der Waals surface area contributed by atoms with Crippen LogP contribution in [0, 0.1) is 10.1 Å². The van der Waals surface area contributed by atoms with Crippen LogP contribution in [-0.2, 0) is 11.3 Å². The second kappa shape index (κ2) is 6.84. The molecule has 1 aromatic carbocycles. The van der Waals surface area contributed by atoms with Gasteiger partial charge < -0.3 is 15.0 Å². The zero-order valence-corrected chi connectivity index (χ0v) is 14.9. The Hall–Kier alpha value is -1.67. The molecule has 1 aliphatic rings. The number of nitro groups is 1. The molecule has 0 atom stereocenters. The first kappa shape index (κ1) is 17.7. The average Bonchev–Trinajstić information content (AvgIpc) is 2.34. The molecule has 0 aromatic heterocycles. The fourth-order valence-corrected chi connectivity index (χ4v) is 2.62. The van der Waals surface area contributed by atoms with Gasteiger partial charge in [-0.25, -0.2) is 4.79 Å². The zero-order valence-electron chi connectivity index (χ0n) is 13.3. The number of likely N-dealkylation sites (tertiary alicyclic amines) is 1. The Morgan fingerprint density at radius 3 is 2.70 bits per heavy atom. The molecule has 1 heterocycles. The summed E-state index contributed by atoms with van der Waals surface area (Å²) in [4.78, 5) is 24.1. The van der Waals surface area contributed by atoms with E-state index in [1.165, 1.54) is 6.07 Å². The van der Waals surface area contributed by atoms with E-state index in [-0.39, 0.29) is 17.8 Å². The molecule has 0 radical (unpaired) electrons. The van der Waals surface area contributed by atoms with Crippen LogP contribution in [0.2, 0.25) is 0 Å². The first-order valence-electron chi connectivity index (χ1n) is 7.30. The zero-order chi connectivity index (χ0) is 17.2. The summed E-state index contributed by atoms with van der Waals surface area (Å²) in [5.41, 5.74) is 0.191. The van der Waals surface area contributed by atoms with E-state index in [0.717, 1.165) is 4.47 Å². The van der Waals surface area contributed by atoms with Crippen LogP contribution < -0.4 is 5.32 Å². The van der Waals surface area contributed by atoms with Crippen LogP contribution >= 0.6 is 15.9 Å². The number of hydrogen-bond acceptors (Lipinski definition) is 5. The number of rotatable bonds is 4. The van der Waals surface area contributed by atoms with Crippen LogP contribution in [-0.4, -0.2) is 40.6 Å². The molecule has 0 aliphatic carbocycles. The topological polar surface area (TPSA) is 84.7 Å². The van der Waals surface area contributed by atoms with E-state index in [0.29, 0.717) is 25.2 Å². The van der Waals surface area contributed by atoms with E-state index in [2.05, 4.69) is 21.2 Å². The summed E-state index contributed by atoms with van der Waals surface area (Å²) in [5.74, 6) is 0. The largest absolute Gasteiger partial charge is 0.444 e. The second-order valence-corrected chi connectivity index (χ2v) is 7.41. The van der Waals surface area contributed by atoms with Crippen LogP contribution in [0.1, 0.15) is 26.3 Å². The van der Waals surface area contributed by atoms with Crippen molar-refractivity contribution < 1.29 is 14.5 Å². The third-order valence-corrected chi connectivity index (χ3v) is 3.85. The SMILES string of the molecule is CC(C)(C)OC(=O)N1CC(NCc2cc(Br)ccc2[N+](=O)[O-])C1. The van der Waals surface area contributed by atoms with Gasteiger partial charge in [-0.3, -0.25) is 10.1 Å². The Labute approximate surface area is 143 Å². The number of nitrogens with zero attached hydrogens (tertiary/aromatic N) is 2. The third kappa shape index (κ3) is 4.90. The molecule has 1 aromatic rings. The van der Waals surface area contributed by atoms with Gasteiger partial charge in [0.15, 0.2) is 0 Å². The van der Waals surface area contributed by atoms with Crippen molar-refractivity contribution >= 4 is 27.7 Å². The lowest BCUT2D eigenvalue weighted by atomic mass is 10.1. The maximum Gasteiger partial charge on any atom is 0.410 e. The standard InChI is InChI=1S/C15H20BrN3O4/c1-15(2,3)23-14(20)18-8-12(9-18)17-7-10-6-11(16)4-5-13(10)19(21)22/h4-6,12,17H,7-9H2,1-3H3. The van der Waals surface area contributed by atoms with Gasteiger partial charge in [-0.1, -0.05) is 15.9 Å². The fraction of sp³-hybridized carbons (Fsp3) is 0.533. The first-order valence-corrected chi connectivity index (χ1v) is 8.09. The highest BCUT2D eigenvalue weighted by atomic mass is 79.9. The van der Waals surface area contributed by atoms with Crippen molar-refractivity contribution in [1.82, 2.24) is 10.2 Å². The van der Waals surface area contributed by atoms with Crippen molar-refractivity contribution in [3.63, 3.8) is 0 Å². The predicted molar refractivity (Wildman–Crippen MR) is 89.2 cm³/mol. The molecule has 7 nitrogen and oxygen atoms in total. The van der Waals surface area contributed by atoms with Gasteiger partial charge >= 0.3 is 6.09 Å². The van der Waals surface area contributed by atoms with Crippen LogP contribution in [0.4, 0.5) is 10.5 Å². The Kier molecular flexibility index (Phi) is 5.26. The quantitative estimate of drug-likeness (QED) is 0.635. The van der Waals surface area contributed by atoms with Crippen LogP contribution in [0.5, 0.6) is 0 Å². The van der Waals surface area contributed by atoms with Gasteiger partial charge in [0.25, 0.3) is 5.69 Å². The summed E-state index contributed by atoms with van der Waals surface area (Å²) in [6, 6.07) is 4.97. The first-order chi connectivity index (χ1) is 10.7. The van der Waals surface area contributed by atoms with Crippen molar-refractivity contribution in [3.8, 4) is 0 Å². The summed E-state index contributed by atoms with van der Waals surface area (Å²) in [7, 11) is 0. The molecule has 1 fully saturated rings. The molecule has 126 valence electrons. The number of benzene rings is 1. The van der Waals surface area contributed by atoms with Gasteiger partial charge in [0.2, 0.25) is 0 Å². The Bertz CT molecular complexity index is 609. The number of carbonyl (C=O) groups excluding carboxylic acids is 1. The van der Waals surface area contributed by atoms with Gasteiger partial charge in [-0.15, -0.1) is 0 Å². The molecule has 0 unspecified atom stereocenters. The van der Waals surface area contributed by atoms with Crippen molar-refractivity contribution in [2.75, 3.05) is 13.1 Å². The van der Waals surface area contributed by atoms with Gasteiger partial charge in [-0.2, -0.15) is 0 Å². The molecule has 0 bridgehead atoms. The number of hydrogen-bond donors (Lipinski definition) is 1. The summed E-state index contributed by atoms with van der Waals surface area (Å²) in [6.45, 7) is 6.93. The molecule has 0 saturated carbocycles. The van der Waals surface area contributed by atoms with Crippen molar-refractivity contribution in [3.05, 3.63) is 38.3 Å². The van der Waals surface area contributed by atoms with E-state index in [1.807, 2.05) is 20.8 Å². The van der Waals surface area contributed by atoms with Gasteiger partial charge in [-0.05, 0) is 32.9 Å². The van der Waals surface area contributed by atoms with Gasteiger partial charge in [0.05, 0.1) is 4.92 Å². The normalized spacial score (nSPS) is 15.2. The molecule has 2 rings (SSSR count). The van der Waals surface area contributed by atoms with E-state index < -0.39 is 10.5 Å². The molecule has 23 heavy (non-hydrogen) atoms. The Morgan fingerprint density at radius 1 is 1.48 bits per heavy atom. The molecular formula is C15H20BrN3O4. The van der Waals surface area contributed by atoms with Crippen molar-refractivity contribution in [2.24, 2.45) is 0 Å². The van der Waals surface area contributed by atoms with Crippen LogP contribution in [0.3, 0.4) is 0 Å². The minimum atomic E-state index is -0.507. The van der Waals surface area contributed by atoms with E-state index in [9.17, 15) is 14.9 Å². The molecule has 1 aliphatic heterocycles. The highest BCUT2D eigenvalue weighted by Gasteiger charge is 2.33. The number of nitrogens with one attached hydrogen (secondary N) is 1. The summed E-state index contributed by atoms with van der Waals surface area (Å²) in [5, 5.41) is 14.3. The van der Waals surface area contributed by atoms with E-state index in [1.54, 1.807) is 17.0 Å². The maximum absolute atomic E-state index is 11.8. The van der Waals surface area contributed by atoms with Crippen molar-refractivity contribution in [2.45, 2.75) is 39.0 Å². The molecular weight excluding hydrogens is 366 g/mol. The van der Waals surface area contributed by atoms with E-state index in [4.69, 9.17) is 4.74 Å². The predicted octanol–water partition coefficient (Wildman–Crippen LogP) is 3.07. The number of ether oxygens (including phenoxy) is 1. The maximum atomic E-state index is 11.8. The van der Waals surface area contributed by atoms with E-state index >= 15 is 0 Å². The summed E-state index contributed by atoms with van der Waals surface area (Å²) >= 11 is 3.32. The fourth-order valence-electron chi connectivity index (χ4n) is 2.21. The number of amides is 1. The molecule has 1 saturated heterocycles. The molecule has 1 amide bonds. The minimum absolute atomic E-state index is 0.0871. The minimum Gasteiger partial charge on any atom is -0.444 e. The van der Waals surface area contributed by atoms with Crippen LogP contribution in [0.15, 0.2) is 22.7 Å². The highest BCUT2D eigenvalue weighted by Crippen LogP contribution is 2.23. The highest BCUT2D eigenvalue weighted by molar-refractivity contribution is 9.10. The lowest BCUT2D eigenvalue weighted by Crippen LogP contribution is -2.60. The summed E-state index contributed by atoms with van der Waals surface area (Å²) < 4.78 is 6.08. The molecule has 8 heteroatoms. The Balaban J connectivity index is 1.85. The van der Waals surface area contributed by atoms with Crippen LogP contribution in [0.25, 0.3) is 0 Å². The average molecular weight is 386 g/mol. The lowest BCUT2D eigenvalue weighted by Gasteiger charge is -2.40. The monoisotopic (exact) mass is 385 g/mol. The smallest absolute Gasteiger partial charge is 0.410 e. The van der Waals surface area contributed by atoms with Gasteiger partial charge in [0, 0.05) is 41.8 Å². The number of carbonyl (C=O) groups is 1. The number of nitro benzene ring substituents is 1. The number of halogens is 1. The lowest BCUT2D eigenvalue weighted by molar-refractivity contribution is -0.385. The van der Waals surface area contributed by atoms with Crippen molar-refractivity contribution in [1.29, 1.82) is 0 Å². The molecule has 0 spiro atoms. The summed E-state index contributed by atoms with van der Waals surface area (Å²) in [6.07, 6.45) is -0.330. The Morgan fingerprint density at radius 2 is 2.13 bits per heavy atom.